The first-order chi connectivity index (χ1) is 15.2. The minimum absolute atomic E-state index is 0.0937. The molecule has 7 nitrogen and oxygen atoms in total. The molecule has 4 aromatic rings. The van der Waals surface area contributed by atoms with Gasteiger partial charge >= 0.3 is 0 Å². The maximum atomic E-state index is 13.5. The van der Waals surface area contributed by atoms with E-state index in [1.54, 1.807) is 13.3 Å². The maximum absolute atomic E-state index is 13.5. The van der Waals surface area contributed by atoms with Gasteiger partial charge in [-0.25, -0.2) is 9.97 Å². The Morgan fingerprint density at radius 3 is 3.10 bits per heavy atom. The molecule has 0 saturated carbocycles. The second-order valence-electron chi connectivity index (χ2n) is 7.87. The summed E-state index contributed by atoms with van der Waals surface area (Å²) in [7, 11) is 1.66. The number of hydrogen-bond donors (Lipinski definition) is 0. The van der Waals surface area contributed by atoms with Crippen molar-refractivity contribution in [3.63, 3.8) is 0 Å². The summed E-state index contributed by atoms with van der Waals surface area (Å²) in [6.45, 7) is 1.68. The van der Waals surface area contributed by atoms with Gasteiger partial charge in [0.1, 0.15) is 11.4 Å². The lowest BCUT2D eigenvalue weighted by atomic mass is 9.99. The number of benzene rings is 1. The van der Waals surface area contributed by atoms with Crippen LogP contribution in [-0.2, 0) is 6.54 Å². The van der Waals surface area contributed by atoms with E-state index in [-0.39, 0.29) is 11.9 Å². The summed E-state index contributed by atoms with van der Waals surface area (Å²) in [6.07, 6.45) is 11.8. The molecular formula is C23H25N5O2S. The molecule has 0 bridgehead atoms. The van der Waals surface area contributed by atoms with Crippen LogP contribution in [0.1, 0.15) is 36.2 Å². The predicted molar refractivity (Wildman–Crippen MR) is 121 cm³/mol. The summed E-state index contributed by atoms with van der Waals surface area (Å²) >= 11 is 1.51. The number of carbonyl (C=O) groups excluding carboxylic acids is 1. The second kappa shape index (κ2) is 8.55. The number of hydrogen-bond acceptors (Lipinski definition) is 5. The first-order valence-electron chi connectivity index (χ1n) is 10.6. The Balaban J connectivity index is 1.39. The van der Waals surface area contributed by atoms with Crippen molar-refractivity contribution in [3.05, 3.63) is 60.3 Å². The maximum Gasteiger partial charge on any atom is 0.271 e. The van der Waals surface area contributed by atoms with Gasteiger partial charge in [0.25, 0.3) is 5.91 Å². The number of nitrogens with zero attached hydrogens (tertiary/aromatic N) is 5. The molecule has 31 heavy (non-hydrogen) atoms. The summed E-state index contributed by atoms with van der Waals surface area (Å²) in [6, 6.07) is 8.08. The van der Waals surface area contributed by atoms with Gasteiger partial charge in [0.15, 0.2) is 4.96 Å². The first kappa shape index (κ1) is 19.8. The molecule has 1 saturated heterocycles. The number of aromatic nitrogens is 4. The molecule has 1 aliphatic rings. The number of amides is 1. The van der Waals surface area contributed by atoms with Crippen LogP contribution >= 0.6 is 11.3 Å². The van der Waals surface area contributed by atoms with Crippen LogP contribution in [0.5, 0.6) is 5.75 Å². The van der Waals surface area contributed by atoms with Crippen molar-refractivity contribution in [1.29, 1.82) is 0 Å². The lowest BCUT2D eigenvalue weighted by Crippen LogP contribution is -2.44. The van der Waals surface area contributed by atoms with Crippen molar-refractivity contribution in [2.75, 3.05) is 13.7 Å². The molecule has 1 fully saturated rings. The number of likely N-dealkylation sites (tertiary alicyclic amines) is 1. The van der Waals surface area contributed by atoms with Gasteiger partial charge in [0.05, 0.1) is 19.1 Å². The molecule has 5 rings (SSSR count). The number of rotatable bonds is 6. The average Bonchev–Trinajstić information content (AvgIpc) is 3.55. The summed E-state index contributed by atoms with van der Waals surface area (Å²) in [4.78, 5) is 25.3. The molecule has 1 atom stereocenters. The Morgan fingerprint density at radius 1 is 1.32 bits per heavy atom. The van der Waals surface area contributed by atoms with Crippen LogP contribution in [0, 0.1) is 0 Å². The molecule has 1 aromatic carbocycles. The predicted octanol–water partition coefficient (Wildman–Crippen LogP) is 4.35. The van der Waals surface area contributed by atoms with E-state index in [1.807, 2.05) is 52.8 Å². The highest BCUT2D eigenvalue weighted by atomic mass is 32.1. The highest BCUT2D eigenvalue weighted by molar-refractivity contribution is 7.15. The normalized spacial score (nSPS) is 16.7. The van der Waals surface area contributed by atoms with Gasteiger partial charge in [-0.15, -0.1) is 11.3 Å². The minimum atomic E-state index is 0.0937. The van der Waals surface area contributed by atoms with Gasteiger partial charge in [-0.2, -0.15) is 0 Å². The molecule has 160 valence electrons. The Hall–Kier alpha value is -3.13. The molecule has 0 spiro atoms. The van der Waals surface area contributed by atoms with Gasteiger partial charge in [0, 0.05) is 48.7 Å². The third-order valence-electron chi connectivity index (χ3n) is 5.96. The van der Waals surface area contributed by atoms with E-state index >= 15 is 0 Å². The smallest absolute Gasteiger partial charge is 0.271 e. The van der Waals surface area contributed by atoms with Crippen molar-refractivity contribution < 1.29 is 9.53 Å². The highest BCUT2D eigenvalue weighted by Crippen LogP contribution is 2.28. The van der Waals surface area contributed by atoms with Crippen LogP contribution in [0.15, 0.2) is 54.6 Å². The van der Waals surface area contributed by atoms with E-state index in [2.05, 4.69) is 14.5 Å². The van der Waals surface area contributed by atoms with Gasteiger partial charge in [-0.05, 0) is 37.8 Å². The number of thiazole rings is 1. The first-order valence-corrected chi connectivity index (χ1v) is 11.5. The number of imidazole rings is 2. The molecular weight excluding hydrogens is 410 g/mol. The van der Waals surface area contributed by atoms with E-state index < -0.39 is 0 Å². The third kappa shape index (κ3) is 3.95. The van der Waals surface area contributed by atoms with E-state index in [4.69, 9.17) is 9.72 Å². The van der Waals surface area contributed by atoms with E-state index in [0.717, 1.165) is 54.3 Å². The van der Waals surface area contributed by atoms with Crippen molar-refractivity contribution in [3.8, 4) is 17.0 Å². The fraction of sp³-hybridized carbons (Fsp3) is 0.348. The number of methoxy groups -OCH3 is 1. The monoisotopic (exact) mass is 435 g/mol. The topological polar surface area (TPSA) is 64.7 Å². The molecule has 1 aliphatic heterocycles. The summed E-state index contributed by atoms with van der Waals surface area (Å²) in [5, 5.41) is 1.93. The van der Waals surface area contributed by atoms with Crippen LogP contribution in [-0.4, -0.2) is 49.4 Å². The standard InChI is InChI=1S/C23H25N5O2S/c1-30-19-7-4-5-17(13-19)20-14-28-21(15-31-23(28)25-20)22(29)27-10-3-2-6-18(27)8-11-26-12-9-24-16-26/h4-5,7,9,12-16,18H,2-3,6,8,10-11H2,1H3. The van der Waals surface area contributed by atoms with Crippen LogP contribution in [0.3, 0.4) is 0 Å². The Bertz CT molecular complexity index is 1180. The Labute approximate surface area is 184 Å². The zero-order valence-electron chi connectivity index (χ0n) is 17.5. The molecule has 0 N–H and O–H groups in total. The number of fused-ring (bicyclic) bond motifs is 1. The van der Waals surface area contributed by atoms with Crippen LogP contribution in [0.4, 0.5) is 0 Å². The third-order valence-corrected chi connectivity index (χ3v) is 6.80. The lowest BCUT2D eigenvalue weighted by Gasteiger charge is -2.35. The summed E-state index contributed by atoms with van der Waals surface area (Å²) in [5.74, 6) is 0.885. The van der Waals surface area contributed by atoms with Gasteiger partial charge in [-0.1, -0.05) is 12.1 Å². The Morgan fingerprint density at radius 2 is 2.26 bits per heavy atom. The fourth-order valence-corrected chi connectivity index (χ4v) is 5.14. The molecule has 8 heteroatoms. The second-order valence-corrected chi connectivity index (χ2v) is 8.71. The van der Waals surface area contributed by atoms with E-state index in [1.165, 1.54) is 17.8 Å². The lowest BCUT2D eigenvalue weighted by molar-refractivity contribution is 0.0588. The number of aryl methyl sites for hydroxylation is 1. The molecule has 0 aliphatic carbocycles. The summed E-state index contributed by atoms with van der Waals surface area (Å²) < 4.78 is 9.35. The molecule has 1 unspecified atom stereocenters. The summed E-state index contributed by atoms with van der Waals surface area (Å²) in [5.41, 5.74) is 2.51. The zero-order valence-corrected chi connectivity index (χ0v) is 18.3. The number of piperidine rings is 1. The molecule has 4 heterocycles. The van der Waals surface area contributed by atoms with Crippen LogP contribution in [0.2, 0.25) is 0 Å². The zero-order chi connectivity index (χ0) is 21.2. The highest BCUT2D eigenvalue weighted by Gasteiger charge is 2.29. The van der Waals surface area contributed by atoms with Crippen molar-refractivity contribution in [2.24, 2.45) is 0 Å². The van der Waals surface area contributed by atoms with Gasteiger partial charge in [-0.3, -0.25) is 9.20 Å². The SMILES string of the molecule is COc1cccc(-c2cn3c(C(=O)N4CCCCC4CCn4ccnc4)csc3n2)c1. The average molecular weight is 436 g/mol. The molecule has 3 aromatic heterocycles. The van der Waals surface area contributed by atoms with Crippen LogP contribution < -0.4 is 4.74 Å². The van der Waals surface area contributed by atoms with Gasteiger partial charge in [0.2, 0.25) is 0 Å². The van der Waals surface area contributed by atoms with Crippen molar-refractivity contribution in [2.45, 2.75) is 38.3 Å². The molecule has 1 amide bonds. The van der Waals surface area contributed by atoms with Crippen molar-refractivity contribution >= 4 is 22.2 Å². The number of carbonyl (C=O) groups is 1. The van der Waals surface area contributed by atoms with Crippen LogP contribution in [0.25, 0.3) is 16.2 Å². The quantitative estimate of drug-likeness (QED) is 0.452. The van der Waals surface area contributed by atoms with Crippen molar-refractivity contribution in [1.82, 2.24) is 23.8 Å². The fourth-order valence-electron chi connectivity index (χ4n) is 4.29. The Kier molecular flexibility index (Phi) is 5.46. The number of ether oxygens (including phenoxy) is 1. The molecule has 0 radical (unpaired) electrons. The minimum Gasteiger partial charge on any atom is -0.497 e. The van der Waals surface area contributed by atoms with Gasteiger partial charge < -0.3 is 14.2 Å². The van der Waals surface area contributed by atoms with E-state index in [0.29, 0.717) is 5.69 Å². The van der Waals surface area contributed by atoms with E-state index in [9.17, 15) is 4.79 Å². The largest absolute Gasteiger partial charge is 0.497 e.